The number of nitrogens with zero attached hydrogens (tertiary/aromatic N) is 3. The Morgan fingerprint density at radius 1 is 0.390 bits per heavy atom. The number of benzene rings is 6. The minimum Gasteiger partial charge on any atom is -0.278 e. The van der Waals surface area contributed by atoms with Gasteiger partial charge in [-0.3, -0.25) is 4.57 Å². The van der Waals surface area contributed by atoms with Crippen LogP contribution in [0.2, 0.25) is 0 Å². The van der Waals surface area contributed by atoms with E-state index in [2.05, 4.69) is 144 Å². The molecule has 0 saturated carbocycles. The van der Waals surface area contributed by atoms with Gasteiger partial charge in [-0.25, -0.2) is 9.97 Å². The molecule has 0 radical (unpaired) electrons. The molecule has 0 bridgehead atoms. The molecule has 8 aromatic rings. The molecule has 8 rings (SSSR count). The summed E-state index contributed by atoms with van der Waals surface area (Å²) in [6.07, 6.45) is 3.89. The predicted octanol–water partition coefficient (Wildman–Crippen LogP) is 9.73. The minimum atomic E-state index is 0.665. The van der Waals surface area contributed by atoms with Crippen molar-refractivity contribution in [3.05, 3.63) is 152 Å². The van der Waals surface area contributed by atoms with Gasteiger partial charge in [0.1, 0.15) is 0 Å². The van der Waals surface area contributed by atoms with Crippen molar-refractivity contribution in [2.45, 2.75) is 0 Å². The van der Waals surface area contributed by atoms with Crippen LogP contribution >= 0.6 is 0 Å². The van der Waals surface area contributed by atoms with E-state index < -0.39 is 0 Å². The van der Waals surface area contributed by atoms with Crippen LogP contribution in [-0.4, -0.2) is 14.5 Å². The molecular weight excluding hydrogens is 498 g/mol. The van der Waals surface area contributed by atoms with Gasteiger partial charge in [0.15, 0.2) is 0 Å². The standard InChI is InChI=1S/C38H25N3/c1-3-11-26(12-4-1)29-21-30(27-13-5-2-6-14-27)23-31(22-29)32-24-39-38(40-25-32)41-35-18-10-9-17-34(35)37-33-16-8-7-15-28(33)19-20-36(37)41/h1-25H. The zero-order valence-corrected chi connectivity index (χ0v) is 22.3. The lowest BCUT2D eigenvalue weighted by atomic mass is 9.94. The summed E-state index contributed by atoms with van der Waals surface area (Å²) in [6.45, 7) is 0. The Labute approximate surface area is 238 Å². The molecule has 0 N–H and O–H groups in total. The summed E-state index contributed by atoms with van der Waals surface area (Å²) < 4.78 is 2.18. The van der Waals surface area contributed by atoms with Crippen LogP contribution in [0.25, 0.3) is 71.9 Å². The summed E-state index contributed by atoms with van der Waals surface area (Å²) in [5, 5.41) is 4.90. The third kappa shape index (κ3) is 3.98. The van der Waals surface area contributed by atoms with Crippen LogP contribution in [0, 0.1) is 0 Å². The van der Waals surface area contributed by atoms with Gasteiger partial charge in [-0.05, 0) is 68.9 Å². The molecule has 0 amide bonds. The zero-order valence-electron chi connectivity index (χ0n) is 22.3. The molecule has 0 unspecified atom stereocenters. The maximum atomic E-state index is 4.93. The van der Waals surface area contributed by atoms with E-state index in [4.69, 9.17) is 9.97 Å². The number of fused-ring (bicyclic) bond motifs is 5. The van der Waals surface area contributed by atoms with Gasteiger partial charge in [0.2, 0.25) is 5.95 Å². The van der Waals surface area contributed by atoms with Crippen molar-refractivity contribution < 1.29 is 0 Å². The Morgan fingerprint density at radius 2 is 0.927 bits per heavy atom. The summed E-state index contributed by atoms with van der Waals surface area (Å²) in [7, 11) is 0. The fourth-order valence-electron chi connectivity index (χ4n) is 5.93. The first-order chi connectivity index (χ1) is 20.3. The van der Waals surface area contributed by atoms with Gasteiger partial charge in [0.25, 0.3) is 0 Å². The van der Waals surface area contributed by atoms with E-state index in [0.29, 0.717) is 5.95 Å². The Morgan fingerprint density at radius 3 is 1.59 bits per heavy atom. The zero-order chi connectivity index (χ0) is 27.2. The van der Waals surface area contributed by atoms with E-state index >= 15 is 0 Å². The van der Waals surface area contributed by atoms with E-state index in [1.807, 2.05) is 12.4 Å². The summed E-state index contributed by atoms with van der Waals surface area (Å²) >= 11 is 0. The van der Waals surface area contributed by atoms with E-state index in [9.17, 15) is 0 Å². The molecule has 0 atom stereocenters. The highest BCUT2D eigenvalue weighted by Gasteiger charge is 2.16. The van der Waals surface area contributed by atoms with Crippen LogP contribution in [0.5, 0.6) is 0 Å². The Bertz CT molecular complexity index is 2120. The first-order valence-electron chi connectivity index (χ1n) is 13.8. The van der Waals surface area contributed by atoms with Gasteiger partial charge < -0.3 is 0 Å². The predicted molar refractivity (Wildman–Crippen MR) is 170 cm³/mol. The molecular formula is C38H25N3. The van der Waals surface area contributed by atoms with Gasteiger partial charge in [-0.15, -0.1) is 0 Å². The molecule has 2 aromatic heterocycles. The molecule has 0 aliphatic carbocycles. The second-order valence-corrected chi connectivity index (χ2v) is 10.3. The van der Waals surface area contributed by atoms with E-state index in [1.165, 1.54) is 43.8 Å². The van der Waals surface area contributed by atoms with Crippen LogP contribution in [-0.2, 0) is 0 Å². The lowest BCUT2D eigenvalue weighted by Gasteiger charge is -2.12. The number of para-hydroxylation sites is 1. The summed E-state index contributed by atoms with van der Waals surface area (Å²) in [5.41, 5.74) is 8.97. The molecule has 0 fully saturated rings. The maximum Gasteiger partial charge on any atom is 0.234 e. The molecule has 6 aromatic carbocycles. The van der Waals surface area contributed by atoms with E-state index in [1.54, 1.807) is 0 Å². The van der Waals surface area contributed by atoms with Crippen molar-refractivity contribution >= 4 is 32.6 Å². The highest BCUT2D eigenvalue weighted by molar-refractivity contribution is 6.21. The molecule has 41 heavy (non-hydrogen) atoms. The first kappa shape index (κ1) is 23.4. The summed E-state index contributed by atoms with van der Waals surface area (Å²) in [5.74, 6) is 0.665. The van der Waals surface area contributed by atoms with Gasteiger partial charge in [0.05, 0.1) is 11.0 Å². The fourth-order valence-corrected chi connectivity index (χ4v) is 5.93. The maximum absolute atomic E-state index is 4.93. The Hall–Kier alpha value is -5.54. The quantitative estimate of drug-likeness (QED) is 0.230. The summed E-state index contributed by atoms with van der Waals surface area (Å²) in [6, 6.07) is 49.2. The SMILES string of the molecule is c1ccc(-c2cc(-c3ccccc3)cc(-c3cnc(-n4c5ccccc5c5c6ccccc6ccc54)nc3)c2)cc1. The number of hydrogen-bond acceptors (Lipinski definition) is 2. The molecule has 0 spiro atoms. The second-order valence-electron chi connectivity index (χ2n) is 10.3. The third-order valence-corrected chi connectivity index (χ3v) is 7.88. The van der Waals surface area contributed by atoms with Gasteiger partial charge in [-0.1, -0.05) is 109 Å². The lowest BCUT2D eigenvalue weighted by Crippen LogP contribution is -2.00. The van der Waals surface area contributed by atoms with Crippen molar-refractivity contribution in [3.8, 4) is 39.3 Å². The minimum absolute atomic E-state index is 0.665. The van der Waals surface area contributed by atoms with Gasteiger partial charge >= 0.3 is 0 Å². The normalized spacial score (nSPS) is 11.4. The Kier molecular flexibility index (Phi) is 5.46. The van der Waals surface area contributed by atoms with Crippen LogP contribution in [0.15, 0.2) is 152 Å². The van der Waals surface area contributed by atoms with E-state index in [-0.39, 0.29) is 0 Å². The van der Waals surface area contributed by atoms with Gasteiger partial charge in [-0.2, -0.15) is 0 Å². The molecule has 3 heteroatoms. The van der Waals surface area contributed by atoms with Crippen LogP contribution in [0.3, 0.4) is 0 Å². The first-order valence-corrected chi connectivity index (χ1v) is 13.8. The smallest absolute Gasteiger partial charge is 0.234 e. The van der Waals surface area contributed by atoms with Crippen molar-refractivity contribution in [2.75, 3.05) is 0 Å². The fraction of sp³-hybridized carbons (Fsp3) is 0. The average molecular weight is 524 g/mol. The van der Waals surface area contributed by atoms with Gasteiger partial charge in [0, 0.05) is 28.7 Å². The van der Waals surface area contributed by atoms with Crippen molar-refractivity contribution in [1.82, 2.24) is 14.5 Å². The molecule has 192 valence electrons. The molecule has 2 heterocycles. The van der Waals surface area contributed by atoms with Crippen molar-refractivity contribution in [1.29, 1.82) is 0 Å². The monoisotopic (exact) mass is 523 g/mol. The molecule has 0 saturated heterocycles. The number of aromatic nitrogens is 3. The van der Waals surface area contributed by atoms with Crippen LogP contribution < -0.4 is 0 Å². The average Bonchev–Trinajstić information content (AvgIpc) is 3.40. The highest BCUT2D eigenvalue weighted by Crippen LogP contribution is 2.37. The van der Waals surface area contributed by atoms with E-state index in [0.717, 1.165) is 22.2 Å². The molecule has 0 aliphatic heterocycles. The molecule has 0 aliphatic rings. The van der Waals surface area contributed by atoms with Crippen LogP contribution in [0.4, 0.5) is 0 Å². The second kappa shape index (κ2) is 9.58. The topological polar surface area (TPSA) is 30.7 Å². The molecule has 3 nitrogen and oxygen atoms in total. The van der Waals surface area contributed by atoms with Crippen molar-refractivity contribution in [2.24, 2.45) is 0 Å². The van der Waals surface area contributed by atoms with Crippen molar-refractivity contribution in [3.63, 3.8) is 0 Å². The third-order valence-electron chi connectivity index (χ3n) is 7.88. The largest absolute Gasteiger partial charge is 0.278 e. The highest BCUT2D eigenvalue weighted by atomic mass is 15.1. The summed E-state index contributed by atoms with van der Waals surface area (Å²) in [4.78, 5) is 9.87. The van der Waals surface area contributed by atoms with Crippen LogP contribution in [0.1, 0.15) is 0 Å². The number of hydrogen-bond donors (Lipinski definition) is 0. The Balaban J connectivity index is 1.29. The number of rotatable bonds is 4. The lowest BCUT2D eigenvalue weighted by molar-refractivity contribution is 0.990.